The smallest absolute Gasteiger partial charge is 0.113 e. The quantitative estimate of drug-likeness (QED) is 0.741. The van der Waals surface area contributed by atoms with Crippen LogP contribution >= 0.6 is 11.6 Å². The topological polar surface area (TPSA) is 30.7 Å². The zero-order chi connectivity index (χ0) is 10.3. The number of rotatable bonds is 1. The normalized spacial score (nSPS) is 17.7. The molecule has 0 unspecified atom stereocenters. The Hall–Kier alpha value is -1.09. The fourth-order valence-electron chi connectivity index (χ4n) is 2.33. The first kappa shape index (κ1) is 9.16. The van der Waals surface area contributed by atoms with Crippen LogP contribution in [0, 0.1) is 0 Å². The fraction of sp³-hybridized carbons (Fsp3) is 0.455. The second-order valence-electron chi connectivity index (χ2n) is 4.11. The van der Waals surface area contributed by atoms with E-state index in [9.17, 15) is 0 Å². The number of benzene rings is 1. The molecule has 15 heavy (non-hydrogen) atoms. The van der Waals surface area contributed by atoms with Gasteiger partial charge in [-0.25, -0.2) is 4.68 Å². The summed E-state index contributed by atoms with van der Waals surface area (Å²) in [5, 5.41) is 9.14. The first-order chi connectivity index (χ1) is 7.34. The molecule has 4 heteroatoms. The zero-order valence-corrected chi connectivity index (χ0v) is 9.11. The Bertz CT molecular complexity index is 486. The Kier molecular flexibility index (Phi) is 2.13. The summed E-state index contributed by atoms with van der Waals surface area (Å²) in [6.45, 7) is 0. The molecule has 3 nitrogen and oxygen atoms in total. The van der Waals surface area contributed by atoms with E-state index in [0.29, 0.717) is 6.04 Å². The van der Waals surface area contributed by atoms with Gasteiger partial charge in [-0.15, -0.1) is 5.10 Å². The molecule has 2 aromatic rings. The van der Waals surface area contributed by atoms with Crippen LogP contribution in [0.3, 0.4) is 0 Å². The van der Waals surface area contributed by atoms with Gasteiger partial charge in [0, 0.05) is 5.02 Å². The highest BCUT2D eigenvalue weighted by molar-refractivity contribution is 6.31. The maximum atomic E-state index is 5.99. The van der Waals surface area contributed by atoms with E-state index in [1.807, 2.05) is 22.9 Å². The summed E-state index contributed by atoms with van der Waals surface area (Å²) >= 11 is 5.99. The van der Waals surface area contributed by atoms with Crippen molar-refractivity contribution in [3.63, 3.8) is 0 Å². The highest BCUT2D eigenvalue weighted by Gasteiger charge is 2.19. The van der Waals surface area contributed by atoms with E-state index in [0.717, 1.165) is 16.1 Å². The van der Waals surface area contributed by atoms with Crippen LogP contribution in [0.5, 0.6) is 0 Å². The largest absolute Gasteiger partial charge is 0.242 e. The number of nitrogens with zero attached hydrogens (tertiary/aromatic N) is 3. The van der Waals surface area contributed by atoms with Crippen LogP contribution in [0.25, 0.3) is 11.0 Å². The van der Waals surface area contributed by atoms with Crippen molar-refractivity contribution in [2.24, 2.45) is 0 Å². The molecule has 1 heterocycles. The van der Waals surface area contributed by atoms with Crippen molar-refractivity contribution in [2.45, 2.75) is 31.7 Å². The van der Waals surface area contributed by atoms with Gasteiger partial charge in [-0.2, -0.15) is 0 Å². The van der Waals surface area contributed by atoms with Gasteiger partial charge < -0.3 is 0 Å². The van der Waals surface area contributed by atoms with Gasteiger partial charge >= 0.3 is 0 Å². The van der Waals surface area contributed by atoms with Crippen molar-refractivity contribution in [2.75, 3.05) is 0 Å². The molecule has 0 amide bonds. The number of halogens is 1. The minimum Gasteiger partial charge on any atom is -0.242 e. The lowest BCUT2D eigenvalue weighted by molar-refractivity contribution is 0.467. The number of fused-ring (bicyclic) bond motifs is 1. The van der Waals surface area contributed by atoms with Crippen LogP contribution in [-0.4, -0.2) is 15.0 Å². The molecule has 1 aliphatic carbocycles. The summed E-state index contributed by atoms with van der Waals surface area (Å²) in [5.41, 5.74) is 2.00. The predicted molar refractivity (Wildman–Crippen MR) is 60.0 cm³/mol. The van der Waals surface area contributed by atoms with Crippen molar-refractivity contribution < 1.29 is 0 Å². The van der Waals surface area contributed by atoms with E-state index >= 15 is 0 Å². The van der Waals surface area contributed by atoms with Gasteiger partial charge in [-0.3, -0.25) is 0 Å². The average Bonchev–Trinajstić information content (AvgIpc) is 2.83. The van der Waals surface area contributed by atoms with Crippen molar-refractivity contribution in [1.82, 2.24) is 15.0 Å². The summed E-state index contributed by atoms with van der Waals surface area (Å²) in [7, 11) is 0. The number of hydrogen-bond donors (Lipinski definition) is 0. The molecular formula is C11H12ClN3. The Morgan fingerprint density at radius 3 is 2.87 bits per heavy atom. The third-order valence-corrected chi connectivity index (χ3v) is 3.34. The molecule has 1 aliphatic rings. The molecule has 0 bridgehead atoms. The Balaban J connectivity index is 2.13. The van der Waals surface area contributed by atoms with E-state index in [2.05, 4.69) is 10.3 Å². The number of hydrogen-bond acceptors (Lipinski definition) is 2. The molecule has 3 rings (SSSR count). The second-order valence-corrected chi connectivity index (χ2v) is 4.54. The summed E-state index contributed by atoms with van der Waals surface area (Å²) in [6.07, 6.45) is 5.02. The maximum Gasteiger partial charge on any atom is 0.113 e. The predicted octanol–water partition coefficient (Wildman–Crippen LogP) is 3.20. The first-order valence-electron chi connectivity index (χ1n) is 5.35. The van der Waals surface area contributed by atoms with Gasteiger partial charge in [0.05, 0.1) is 11.6 Å². The molecule has 0 N–H and O–H groups in total. The zero-order valence-electron chi connectivity index (χ0n) is 8.36. The highest BCUT2D eigenvalue weighted by atomic mass is 35.5. The van der Waals surface area contributed by atoms with Crippen molar-refractivity contribution in [1.29, 1.82) is 0 Å². The standard InChI is InChI=1S/C11H12ClN3/c12-8-5-6-10-11(7-8)15(14-13-10)9-3-1-2-4-9/h5-7,9H,1-4H2. The highest BCUT2D eigenvalue weighted by Crippen LogP contribution is 2.31. The molecular weight excluding hydrogens is 210 g/mol. The molecule has 1 aromatic carbocycles. The van der Waals surface area contributed by atoms with E-state index in [-0.39, 0.29) is 0 Å². The minimum absolute atomic E-state index is 0.522. The summed E-state index contributed by atoms with van der Waals surface area (Å²) < 4.78 is 2.04. The average molecular weight is 222 g/mol. The molecule has 0 aliphatic heterocycles. The van der Waals surface area contributed by atoms with E-state index < -0.39 is 0 Å². The van der Waals surface area contributed by atoms with Crippen molar-refractivity contribution in [3.8, 4) is 0 Å². The third kappa shape index (κ3) is 1.51. The Morgan fingerprint density at radius 2 is 2.07 bits per heavy atom. The van der Waals surface area contributed by atoms with Crippen molar-refractivity contribution in [3.05, 3.63) is 23.2 Å². The van der Waals surface area contributed by atoms with E-state index in [1.54, 1.807) is 0 Å². The van der Waals surface area contributed by atoms with Crippen LogP contribution in [0.15, 0.2) is 18.2 Å². The van der Waals surface area contributed by atoms with Gasteiger partial charge in [-0.05, 0) is 31.0 Å². The molecule has 0 spiro atoms. The van der Waals surface area contributed by atoms with Gasteiger partial charge in [0.15, 0.2) is 0 Å². The lowest BCUT2D eigenvalue weighted by Crippen LogP contribution is -2.06. The summed E-state index contributed by atoms with van der Waals surface area (Å²) in [5.74, 6) is 0. The molecule has 0 atom stereocenters. The summed E-state index contributed by atoms with van der Waals surface area (Å²) in [6, 6.07) is 6.26. The Morgan fingerprint density at radius 1 is 1.27 bits per heavy atom. The van der Waals surface area contributed by atoms with E-state index in [1.165, 1.54) is 25.7 Å². The SMILES string of the molecule is Clc1ccc2nnn(C3CCCC3)c2c1. The van der Waals surface area contributed by atoms with Crippen LogP contribution in [0.4, 0.5) is 0 Å². The molecule has 1 saturated carbocycles. The molecule has 0 saturated heterocycles. The van der Waals surface area contributed by atoms with Gasteiger partial charge in [0.1, 0.15) is 5.52 Å². The van der Waals surface area contributed by atoms with Crippen molar-refractivity contribution >= 4 is 22.6 Å². The number of aromatic nitrogens is 3. The lowest BCUT2D eigenvalue weighted by Gasteiger charge is -2.09. The van der Waals surface area contributed by atoms with Gasteiger partial charge in [0.25, 0.3) is 0 Å². The first-order valence-corrected chi connectivity index (χ1v) is 5.73. The second kappa shape index (κ2) is 3.49. The molecule has 0 radical (unpaired) electrons. The van der Waals surface area contributed by atoms with Crippen LogP contribution in [0.2, 0.25) is 5.02 Å². The van der Waals surface area contributed by atoms with Crippen LogP contribution in [0.1, 0.15) is 31.7 Å². The lowest BCUT2D eigenvalue weighted by atomic mass is 10.2. The fourth-order valence-corrected chi connectivity index (χ4v) is 2.49. The third-order valence-electron chi connectivity index (χ3n) is 3.10. The molecule has 78 valence electrons. The van der Waals surface area contributed by atoms with Crippen LogP contribution in [-0.2, 0) is 0 Å². The molecule has 1 aromatic heterocycles. The maximum absolute atomic E-state index is 5.99. The van der Waals surface area contributed by atoms with Gasteiger partial charge in [0.2, 0.25) is 0 Å². The summed E-state index contributed by atoms with van der Waals surface area (Å²) in [4.78, 5) is 0. The minimum atomic E-state index is 0.522. The Labute approximate surface area is 93.0 Å². The van der Waals surface area contributed by atoms with Gasteiger partial charge in [-0.1, -0.05) is 29.7 Å². The van der Waals surface area contributed by atoms with Crippen LogP contribution < -0.4 is 0 Å². The van der Waals surface area contributed by atoms with E-state index in [4.69, 9.17) is 11.6 Å². The molecule has 1 fully saturated rings. The monoisotopic (exact) mass is 221 g/mol.